The number of rotatable bonds is 5. The zero-order valence-electron chi connectivity index (χ0n) is 15.3. The molecule has 0 fully saturated rings. The Bertz CT molecular complexity index is 938. The highest BCUT2D eigenvalue weighted by Gasteiger charge is 2.19. The van der Waals surface area contributed by atoms with E-state index in [4.69, 9.17) is 28.2 Å². The van der Waals surface area contributed by atoms with Gasteiger partial charge in [0.2, 0.25) is 5.95 Å². The van der Waals surface area contributed by atoms with Crippen LogP contribution in [-0.2, 0) is 7.05 Å². The van der Waals surface area contributed by atoms with Crippen molar-refractivity contribution in [2.24, 2.45) is 7.05 Å². The summed E-state index contributed by atoms with van der Waals surface area (Å²) in [6.07, 6.45) is 2.17. The van der Waals surface area contributed by atoms with Gasteiger partial charge in [-0.15, -0.1) is 0 Å². The average Bonchev–Trinajstić information content (AvgIpc) is 2.92. The molecule has 1 heterocycles. The number of hydrogen-bond acceptors (Lipinski definition) is 2. The van der Waals surface area contributed by atoms with E-state index < -0.39 is 0 Å². The van der Waals surface area contributed by atoms with Gasteiger partial charge in [0.1, 0.15) is 5.52 Å². The minimum atomic E-state index is 0.488. The minimum absolute atomic E-state index is 0.488. The van der Waals surface area contributed by atoms with E-state index in [1.54, 1.807) is 0 Å². The Balaban J connectivity index is 2.16. The van der Waals surface area contributed by atoms with Gasteiger partial charge in [0, 0.05) is 16.5 Å². The second kappa shape index (κ2) is 7.79. The largest absolute Gasteiger partial charge is 0.324 e. The zero-order chi connectivity index (χ0) is 19.0. The number of aromatic nitrogens is 2. The van der Waals surface area contributed by atoms with Crippen molar-refractivity contribution in [1.82, 2.24) is 9.55 Å². The summed E-state index contributed by atoms with van der Waals surface area (Å²) in [5, 5.41) is 4.81. The number of aryl methyl sites for hydroxylation is 2. The molecule has 0 aliphatic rings. The molecule has 0 atom stereocenters. The van der Waals surface area contributed by atoms with Crippen molar-refractivity contribution in [3.63, 3.8) is 0 Å². The van der Waals surface area contributed by atoms with Crippen LogP contribution in [0.15, 0.2) is 28.7 Å². The molecule has 3 rings (SSSR count). The average molecular weight is 455 g/mol. The van der Waals surface area contributed by atoms with Crippen LogP contribution in [0.1, 0.15) is 43.7 Å². The first-order valence-corrected chi connectivity index (χ1v) is 10.3. The maximum absolute atomic E-state index is 6.46. The Morgan fingerprint density at radius 1 is 1.19 bits per heavy atom. The second-order valence-corrected chi connectivity index (χ2v) is 8.24. The number of halogens is 3. The smallest absolute Gasteiger partial charge is 0.208 e. The van der Waals surface area contributed by atoms with E-state index in [-0.39, 0.29) is 0 Å². The monoisotopic (exact) mass is 453 g/mol. The van der Waals surface area contributed by atoms with Crippen molar-refractivity contribution in [3.8, 4) is 0 Å². The van der Waals surface area contributed by atoms with Crippen molar-refractivity contribution >= 4 is 61.8 Å². The third-order valence-corrected chi connectivity index (χ3v) is 6.07. The minimum Gasteiger partial charge on any atom is -0.324 e. The summed E-state index contributed by atoms with van der Waals surface area (Å²) >= 11 is 16.2. The van der Waals surface area contributed by atoms with Gasteiger partial charge in [0.25, 0.3) is 0 Å². The van der Waals surface area contributed by atoms with Gasteiger partial charge in [0.15, 0.2) is 0 Å². The van der Waals surface area contributed by atoms with Crippen LogP contribution in [0.5, 0.6) is 0 Å². The summed E-state index contributed by atoms with van der Waals surface area (Å²) in [7, 11) is 2.03. The summed E-state index contributed by atoms with van der Waals surface area (Å²) in [5.74, 6) is 1.24. The van der Waals surface area contributed by atoms with Crippen LogP contribution < -0.4 is 5.32 Å². The van der Waals surface area contributed by atoms with Crippen LogP contribution >= 0.6 is 39.1 Å². The van der Waals surface area contributed by atoms with Crippen molar-refractivity contribution in [1.29, 1.82) is 0 Å². The van der Waals surface area contributed by atoms with Crippen molar-refractivity contribution < 1.29 is 0 Å². The highest BCUT2D eigenvalue weighted by Crippen LogP contribution is 2.37. The molecule has 0 saturated carbocycles. The predicted molar refractivity (Wildman–Crippen MR) is 116 cm³/mol. The lowest BCUT2D eigenvalue weighted by molar-refractivity contribution is 0.643. The van der Waals surface area contributed by atoms with Crippen molar-refractivity contribution in [2.45, 2.75) is 39.5 Å². The predicted octanol–water partition coefficient (Wildman–Crippen LogP) is 7.60. The van der Waals surface area contributed by atoms with Gasteiger partial charge >= 0.3 is 0 Å². The molecule has 0 unspecified atom stereocenters. The summed E-state index contributed by atoms with van der Waals surface area (Å²) in [6, 6.07) is 7.90. The number of nitrogens with zero attached hydrogens (tertiary/aromatic N) is 2. The molecule has 3 aromatic rings. The number of hydrogen-bond donors (Lipinski definition) is 1. The number of benzene rings is 2. The van der Waals surface area contributed by atoms with Crippen LogP contribution in [-0.4, -0.2) is 9.55 Å². The summed E-state index contributed by atoms with van der Waals surface area (Å²) in [6.45, 7) is 6.46. The van der Waals surface area contributed by atoms with Crippen molar-refractivity contribution in [2.75, 3.05) is 5.32 Å². The van der Waals surface area contributed by atoms with Gasteiger partial charge in [-0.05, 0) is 70.9 Å². The molecule has 0 spiro atoms. The summed E-state index contributed by atoms with van der Waals surface area (Å²) < 4.78 is 3.00. The maximum Gasteiger partial charge on any atom is 0.208 e. The number of nitrogens with one attached hydrogen (secondary N) is 1. The highest BCUT2D eigenvalue weighted by atomic mass is 79.9. The van der Waals surface area contributed by atoms with Crippen LogP contribution in [0.3, 0.4) is 0 Å². The molecule has 0 aliphatic carbocycles. The Labute approximate surface area is 172 Å². The lowest BCUT2D eigenvalue weighted by atomic mass is 9.93. The van der Waals surface area contributed by atoms with Gasteiger partial charge in [-0.2, -0.15) is 0 Å². The van der Waals surface area contributed by atoms with E-state index >= 15 is 0 Å². The first-order chi connectivity index (χ1) is 12.4. The zero-order valence-corrected chi connectivity index (χ0v) is 18.4. The lowest BCUT2D eigenvalue weighted by Crippen LogP contribution is -2.03. The third kappa shape index (κ3) is 3.47. The van der Waals surface area contributed by atoms with Crippen molar-refractivity contribution in [3.05, 3.63) is 49.9 Å². The molecule has 138 valence electrons. The van der Waals surface area contributed by atoms with Crippen LogP contribution in [0.25, 0.3) is 11.0 Å². The molecule has 26 heavy (non-hydrogen) atoms. The van der Waals surface area contributed by atoms with Crippen LogP contribution in [0, 0.1) is 6.92 Å². The molecule has 1 aromatic heterocycles. The van der Waals surface area contributed by atoms with E-state index in [2.05, 4.69) is 45.7 Å². The first kappa shape index (κ1) is 19.5. The lowest BCUT2D eigenvalue weighted by Gasteiger charge is -2.16. The number of anilines is 2. The van der Waals surface area contributed by atoms with Crippen LogP contribution in [0.4, 0.5) is 11.6 Å². The molecule has 0 radical (unpaired) electrons. The second-order valence-electron chi connectivity index (χ2n) is 6.55. The Morgan fingerprint density at radius 2 is 1.88 bits per heavy atom. The number of fused-ring (bicyclic) bond motifs is 1. The molecular formula is C20H22BrCl2N3. The topological polar surface area (TPSA) is 29.9 Å². The Morgan fingerprint density at radius 3 is 2.50 bits per heavy atom. The SMILES string of the molecule is CCC(CC)c1ccc(Cl)c2nc(Nc3c(C)cc(Cl)cc3Br)n(C)c12. The fourth-order valence-electron chi connectivity index (χ4n) is 3.46. The quantitative estimate of drug-likeness (QED) is 0.430. The number of imidazole rings is 1. The summed E-state index contributed by atoms with van der Waals surface area (Å²) in [5.41, 5.74) is 5.22. The van der Waals surface area contributed by atoms with Crippen LogP contribution in [0.2, 0.25) is 10.0 Å². The van der Waals surface area contributed by atoms with E-state index in [1.165, 1.54) is 5.56 Å². The first-order valence-electron chi connectivity index (χ1n) is 8.74. The summed E-state index contributed by atoms with van der Waals surface area (Å²) in [4.78, 5) is 4.79. The Kier molecular flexibility index (Phi) is 5.85. The van der Waals surface area contributed by atoms with Gasteiger partial charge < -0.3 is 9.88 Å². The van der Waals surface area contributed by atoms with E-state index in [9.17, 15) is 0 Å². The third-order valence-electron chi connectivity index (χ3n) is 4.92. The van der Waals surface area contributed by atoms with E-state index in [0.717, 1.165) is 45.5 Å². The maximum atomic E-state index is 6.46. The fraction of sp³-hybridized carbons (Fsp3) is 0.350. The molecule has 0 amide bonds. The van der Waals surface area contributed by atoms with Gasteiger partial charge in [-0.1, -0.05) is 43.1 Å². The van der Waals surface area contributed by atoms with E-state index in [0.29, 0.717) is 16.0 Å². The molecule has 0 aliphatic heterocycles. The van der Waals surface area contributed by atoms with Gasteiger partial charge in [-0.25, -0.2) is 4.98 Å². The standard InChI is InChI=1S/C20H22BrCl2N3/c1-5-12(6-2)14-7-8-16(23)18-19(14)26(4)20(25-18)24-17-11(3)9-13(22)10-15(17)21/h7-10,12H,5-6H2,1-4H3,(H,24,25). The van der Waals surface area contributed by atoms with E-state index in [1.807, 2.05) is 32.2 Å². The molecular weight excluding hydrogens is 433 g/mol. The van der Waals surface area contributed by atoms with Gasteiger partial charge in [0.05, 0.1) is 16.2 Å². The molecule has 3 nitrogen and oxygen atoms in total. The highest BCUT2D eigenvalue weighted by molar-refractivity contribution is 9.10. The fourth-order valence-corrected chi connectivity index (χ4v) is 4.72. The molecule has 1 N–H and O–H groups in total. The molecule has 2 aromatic carbocycles. The molecule has 0 bridgehead atoms. The Hall–Kier alpha value is -1.23. The molecule has 6 heteroatoms. The van der Waals surface area contributed by atoms with Gasteiger partial charge in [-0.3, -0.25) is 0 Å². The molecule has 0 saturated heterocycles. The normalized spacial score (nSPS) is 11.5.